The minimum absolute atomic E-state index is 0.0578. The summed E-state index contributed by atoms with van der Waals surface area (Å²) in [6.07, 6.45) is 0. The Balaban J connectivity index is 1.36. The Hall–Kier alpha value is -3.35. The fourth-order valence-corrected chi connectivity index (χ4v) is 4.86. The van der Waals surface area contributed by atoms with E-state index in [1.54, 1.807) is 6.07 Å². The quantitative estimate of drug-likeness (QED) is 0.424. The molecule has 5 rings (SSSR count). The molecule has 0 spiro atoms. The van der Waals surface area contributed by atoms with Crippen LogP contribution in [0.15, 0.2) is 51.9 Å². The molecular formula is C20H20N6O5S. The molecular weight excluding hydrogens is 436 g/mol. The van der Waals surface area contributed by atoms with Crippen LogP contribution in [-0.2, 0) is 21.4 Å². The first-order chi connectivity index (χ1) is 15.5. The maximum absolute atomic E-state index is 13.0. The van der Waals surface area contributed by atoms with Crippen LogP contribution in [0.3, 0.4) is 0 Å². The van der Waals surface area contributed by atoms with E-state index in [2.05, 4.69) is 20.5 Å². The molecule has 0 atom stereocenters. The van der Waals surface area contributed by atoms with E-state index in [1.807, 2.05) is 31.2 Å². The van der Waals surface area contributed by atoms with Crippen molar-refractivity contribution in [3.63, 3.8) is 0 Å². The van der Waals surface area contributed by atoms with Gasteiger partial charge in [0.1, 0.15) is 11.0 Å². The number of benzene rings is 2. The number of aryl methyl sites for hydroxylation is 1. The van der Waals surface area contributed by atoms with Crippen LogP contribution in [0.1, 0.15) is 11.5 Å². The Morgan fingerprint density at radius 1 is 1.12 bits per heavy atom. The summed E-state index contributed by atoms with van der Waals surface area (Å²) < 4.78 is 37.8. The summed E-state index contributed by atoms with van der Waals surface area (Å²) in [6.45, 7) is 3.28. The molecule has 1 saturated heterocycles. The molecule has 1 aliphatic heterocycles. The molecule has 0 bridgehead atoms. The zero-order valence-corrected chi connectivity index (χ0v) is 18.0. The van der Waals surface area contributed by atoms with Gasteiger partial charge < -0.3 is 14.1 Å². The van der Waals surface area contributed by atoms with Crippen molar-refractivity contribution in [1.29, 1.82) is 0 Å². The van der Waals surface area contributed by atoms with Crippen molar-refractivity contribution in [3.05, 3.63) is 53.9 Å². The molecule has 0 N–H and O–H groups in total. The van der Waals surface area contributed by atoms with Gasteiger partial charge in [0.05, 0.1) is 18.1 Å². The summed E-state index contributed by atoms with van der Waals surface area (Å²) in [6, 6.07) is 12.3. The Bertz CT molecular complexity index is 1360. The van der Waals surface area contributed by atoms with Gasteiger partial charge in [0.25, 0.3) is 5.89 Å². The molecule has 0 unspecified atom stereocenters. The number of hydrogen-bond donors (Lipinski definition) is 0. The second-order valence-corrected chi connectivity index (χ2v) is 9.17. The summed E-state index contributed by atoms with van der Waals surface area (Å²) in [5, 5.41) is 12.0. The van der Waals surface area contributed by atoms with E-state index >= 15 is 0 Å². The van der Waals surface area contributed by atoms with E-state index in [9.17, 15) is 8.42 Å². The van der Waals surface area contributed by atoms with Crippen LogP contribution in [-0.4, -0.2) is 64.3 Å². The SMILES string of the molecule is Cc1ccccc1-c1noc(COn2nnc3ccc(S(=O)(=O)N4CCOCC4)cc32)n1. The first-order valence-electron chi connectivity index (χ1n) is 9.97. The maximum Gasteiger partial charge on any atom is 0.267 e. The maximum atomic E-state index is 13.0. The summed E-state index contributed by atoms with van der Waals surface area (Å²) in [4.78, 5) is 11.3. The second kappa shape index (κ2) is 8.30. The molecule has 12 heteroatoms. The largest absolute Gasteiger partial charge is 0.385 e. The van der Waals surface area contributed by atoms with Gasteiger partial charge in [-0.2, -0.15) is 9.29 Å². The predicted octanol–water partition coefficient (Wildman–Crippen LogP) is 1.44. The zero-order valence-electron chi connectivity index (χ0n) is 17.2. The number of rotatable bonds is 6. The molecule has 0 amide bonds. The van der Waals surface area contributed by atoms with Crippen molar-refractivity contribution in [2.45, 2.75) is 18.4 Å². The Morgan fingerprint density at radius 3 is 2.75 bits per heavy atom. The molecule has 3 heterocycles. The predicted molar refractivity (Wildman–Crippen MR) is 112 cm³/mol. The topological polar surface area (TPSA) is 125 Å². The molecule has 166 valence electrons. The van der Waals surface area contributed by atoms with Gasteiger partial charge in [0.2, 0.25) is 15.8 Å². The average molecular weight is 456 g/mol. The van der Waals surface area contributed by atoms with Gasteiger partial charge >= 0.3 is 0 Å². The monoisotopic (exact) mass is 456 g/mol. The van der Waals surface area contributed by atoms with Crippen molar-refractivity contribution < 1.29 is 22.5 Å². The second-order valence-electron chi connectivity index (χ2n) is 7.23. The van der Waals surface area contributed by atoms with Crippen molar-refractivity contribution >= 4 is 21.1 Å². The number of morpholine rings is 1. The van der Waals surface area contributed by atoms with E-state index in [0.29, 0.717) is 43.2 Å². The van der Waals surface area contributed by atoms with Gasteiger partial charge in [-0.1, -0.05) is 34.3 Å². The summed E-state index contributed by atoms with van der Waals surface area (Å²) in [5.74, 6) is 0.716. The van der Waals surface area contributed by atoms with Crippen LogP contribution in [0.4, 0.5) is 0 Å². The van der Waals surface area contributed by atoms with Crippen molar-refractivity contribution in [2.24, 2.45) is 0 Å². The van der Waals surface area contributed by atoms with Crippen LogP contribution in [0.25, 0.3) is 22.4 Å². The highest BCUT2D eigenvalue weighted by atomic mass is 32.2. The first-order valence-corrected chi connectivity index (χ1v) is 11.4. The lowest BCUT2D eigenvalue weighted by Crippen LogP contribution is -2.40. The third-order valence-corrected chi connectivity index (χ3v) is 7.05. The summed E-state index contributed by atoms with van der Waals surface area (Å²) in [7, 11) is -3.66. The van der Waals surface area contributed by atoms with Gasteiger partial charge in [-0.15, -0.1) is 5.10 Å². The van der Waals surface area contributed by atoms with Crippen molar-refractivity contribution in [2.75, 3.05) is 26.3 Å². The van der Waals surface area contributed by atoms with Crippen LogP contribution >= 0.6 is 0 Å². The van der Waals surface area contributed by atoms with Crippen LogP contribution in [0.5, 0.6) is 0 Å². The lowest BCUT2D eigenvalue weighted by molar-refractivity contribution is 0.0582. The normalized spacial score (nSPS) is 15.3. The van der Waals surface area contributed by atoms with E-state index < -0.39 is 10.0 Å². The van der Waals surface area contributed by atoms with E-state index in [0.717, 1.165) is 16.0 Å². The highest BCUT2D eigenvalue weighted by Crippen LogP contribution is 2.22. The number of aromatic nitrogens is 5. The molecule has 0 saturated carbocycles. The van der Waals surface area contributed by atoms with Crippen molar-refractivity contribution in [3.8, 4) is 11.4 Å². The van der Waals surface area contributed by atoms with Gasteiger partial charge in [-0.3, -0.25) is 0 Å². The van der Waals surface area contributed by atoms with Gasteiger partial charge in [-0.25, -0.2) is 8.42 Å². The van der Waals surface area contributed by atoms with Gasteiger partial charge in [0, 0.05) is 18.7 Å². The lowest BCUT2D eigenvalue weighted by atomic mass is 10.1. The number of nitrogens with zero attached hydrogens (tertiary/aromatic N) is 6. The van der Waals surface area contributed by atoms with E-state index in [4.69, 9.17) is 14.1 Å². The van der Waals surface area contributed by atoms with Crippen molar-refractivity contribution in [1.82, 2.24) is 29.6 Å². The fourth-order valence-electron chi connectivity index (χ4n) is 3.43. The Labute approximate surface area is 183 Å². The molecule has 11 nitrogen and oxygen atoms in total. The van der Waals surface area contributed by atoms with E-state index in [-0.39, 0.29) is 17.4 Å². The molecule has 4 aromatic rings. The van der Waals surface area contributed by atoms with Gasteiger partial charge in [-0.05, 0) is 35.9 Å². The van der Waals surface area contributed by atoms with Gasteiger partial charge in [0.15, 0.2) is 6.61 Å². The first kappa shape index (κ1) is 20.5. The molecule has 32 heavy (non-hydrogen) atoms. The molecule has 0 aliphatic carbocycles. The smallest absolute Gasteiger partial charge is 0.267 e. The summed E-state index contributed by atoms with van der Waals surface area (Å²) in [5.41, 5.74) is 2.80. The number of ether oxygens (including phenoxy) is 1. The number of hydrogen-bond acceptors (Lipinski definition) is 9. The lowest BCUT2D eigenvalue weighted by Gasteiger charge is -2.26. The molecule has 0 radical (unpaired) electrons. The fraction of sp³-hybridized carbons (Fsp3) is 0.300. The number of sulfonamides is 1. The van der Waals surface area contributed by atoms with Crippen LogP contribution in [0, 0.1) is 6.92 Å². The zero-order chi connectivity index (χ0) is 22.1. The minimum atomic E-state index is -3.66. The average Bonchev–Trinajstić information content (AvgIpc) is 3.45. The minimum Gasteiger partial charge on any atom is -0.385 e. The van der Waals surface area contributed by atoms with Crippen LogP contribution < -0.4 is 4.84 Å². The summed E-state index contributed by atoms with van der Waals surface area (Å²) >= 11 is 0. The molecule has 2 aromatic heterocycles. The highest BCUT2D eigenvalue weighted by molar-refractivity contribution is 7.89. The standard InChI is InChI=1S/C20H20N6O5S/c1-14-4-2-3-5-16(14)20-21-19(31-23-20)13-30-26-18-12-15(6-7-17(18)22-24-26)32(27,28)25-8-10-29-11-9-25/h2-7,12H,8-11,13H2,1H3. The third kappa shape index (κ3) is 3.83. The third-order valence-electron chi connectivity index (χ3n) is 5.16. The van der Waals surface area contributed by atoms with E-state index in [1.165, 1.54) is 16.4 Å². The van der Waals surface area contributed by atoms with Crippen LogP contribution in [0.2, 0.25) is 0 Å². The molecule has 2 aromatic carbocycles. The molecule has 1 fully saturated rings. The Morgan fingerprint density at radius 2 is 1.94 bits per heavy atom. The molecule has 1 aliphatic rings. The number of fused-ring (bicyclic) bond motifs is 1. The highest BCUT2D eigenvalue weighted by Gasteiger charge is 2.27. The Kier molecular flexibility index (Phi) is 5.33.